The number of hydrogen-bond acceptors (Lipinski definition) is 3. The summed E-state index contributed by atoms with van der Waals surface area (Å²) >= 11 is 1.57. The van der Waals surface area contributed by atoms with Crippen molar-refractivity contribution in [2.45, 2.75) is 58.0 Å². The Balaban J connectivity index is 2.08. The molecular formula is C15H26N2O3S. The molecule has 5 atom stereocenters. The Labute approximate surface area is 130 Å². The minimum atomic E-state index is -0.909. The highest BCUT2D eigenvalue weighted by Crippen LogP contribution is 2.35. The van der Waals surface area contributed by atoms with Crippen molar-refractivity contribution >= 4 is 23.8 Å². The van der Waals surface area contributed by atoms with E-state index in [2.05, 4.69) is 19.2 Å². The van der Waals surface area contributed by atoms with E-state index in [-0.39, 0.29) is 23.4 Å². The van der Waals surface area contributed by atoms with Crippen LogP contribution in [0, 0.1) is 17.8 Å². The summed E-state index contributed by atoms with van der Waals surface area (Å²) in [7, 11) is 0. The van der Waals surface area contributed by atoms with Gasteiger partial charge in [-0.2, -0.15) is 0 Å². The van der Waals surface area contributed by atoms with Crippen molar-refractivity contribution in [3.8, 4) is 0 Å². The van der Waals surface area contributed by atoms with Gasteiger partial charge in [-0.25, -0.2) is 9.59 Å². The highest BCUT2D eigenvalue weighted by atomic mass is 32.2. The van der Waals surface area contributed by atoms with Crippen molar-refractivity contribution in [3.05, 3.63) is 0 Å². The van der Waals surface area contributed by atoms with Crippen LogP contribution in [0.15, 0.2) is 0 Å². The molecule has 0 aromatic carbocycles. The number of carbonyl (C=O) groups excluding carboxylic acids is 1. The van der Waals surface area contributed by atoms with Crippen molar-refractivity contribution in [2.75, 3.05) is 5.75 Å². The zero-order valence-corrected chi connectivity index (χ0v) is 14.0. The lowest BCUT2D eigenvalue weighted by Crippen LogP contribution is -2.54. The quantitative estimate of drug-likeness (QED) is 0.840. The number of thioether (sulfide) groups is 1. The Bertz CT molecular complexity index is 416. The van der Waals surface area contributed by atoms with Crippen LogP contribution >= 0.6 is 11.8 Å². The predicted molar refractivity (Wildman–Crippen MR) is 84.2 cm³/mol. The molecule has 1 saturated heterocycles. The number of aliphatic carboxylic acids is 1. The Morgan fingerprint density at radius 3 is 2.43 bits per heavy atom. The molecule has 5 nitrogen and oxygen atoms in total. The van der Waals surface area contributed by atoms with Crippen molar-refractivity contribution in [1.82, 2.24) is 10.2 Å². The summed E-state index contributed by atoms with van der Waals surface area (Å²) in [5.74, 6) is 0.866. The molecule has 1 heterocycles. The molecule has 0 aromatic rings. The lowest BCUT2D eigenvalue weighted by atomic mass is 9.98. The number of urea groups is 1. The molecule has 1 saturated carbocycles. The maximum Gasteiger partial charge on any atom is 0.327 e. The van der Waals surface area contributed by atoms with Crippen LogP contribution in [0.3, 0.4) is 0 Å². The highest BCUT2D eigenvalue weighted by Gasteiger charge is 2.44. The van der Waals surface area contributed by atoms with Gasteiger partial charge in [0.1, 0.15) is 6.04 Å². The summed E-state index contributed by atoms with van der Waals surface area (Å²) in [6.45, 7) is 8.43. The zero-order chi connectivity index (χ0) is 15.7. The molecule has 2 fully saturated rings. The average Bonchev–Trinajstić information content (AvgIpc) is 2.97. The summed E-state index contributed by atoms with van der Waals surface area (Å²) in [4.78, 5) is 25.6. The van der Waals surface area contributed by atoms with Crippen molar-refractivity contribution in [2.24, 2.45) is 17.8 Å². The zero-order valence-electron chi connectivity index (χ0n) is 13.2. The van der Waals surface area contributed by atoms with E-state index in [1.54, 1.807) is 16.7 Å². The largest absolute Gasteiger partial charge is 0.480 e. The predicted octanol–water partition coefficient (Wildman–Crippen LogP) is 2.61. The van der Waals surface area contributed by atoms with E-state index in [0.29, 0.717) is 17.6 Å². The fourth-order valence-corrected chi connectivity index (χ4v) is 4.76. The minimum absolute atomic E-state index is 0.0553. The second kappa shape index (κ2) is 6.46. The molecule has 0 spiro atoms. The van der Waals surface area contributed by atoms with Crippen molar-refractivity contribution < 1.29 is 14.7 Å². The third-order valence-electron chi connectivity index (χ3n) is 4.90. The van der Waals surface area contributed by atoms with Crippen LogP contribution in [0.1, 0.15) is 40.5 Å². The molecule has 0 aromatic heterocycles. The van der Waals surface area contributed by atoms with E-state index < -0.39 is 12.0 Å². The van der Waals surface area contributed by atoms with Gasteiger partial charge < -0.3 is 10.4 Å². The number of nitrogens with one attached hydrogen (secondary N) is 1. The lowest BCUT2D eigenvalue weighted by Gasteiger charge is -2.32. The number of carboxylic acid groups (broad SMARTS) is 1. The molecule has 2 rings (SSSR count). The Morgan fingerprint density at radius 2 is 1.95 bits per heavy atom. The van der Waals surface area contributed by atoms with Gasteiger partial charge >= 0.3 is 12.0 Å². The summed E-state index contributed by atoms with van der Waals surface area (Å²) in [6.07, 6.45) is 2.11. The number of nitrogens with zero attached hydrogens (tertiary/aromatic N) is 1. The van der Waals surface area contributed by atoms with E-state index in [9.17, 15) is 14.7 Å². The molecule has 1 aliphatic carbocycles. The van der Waals surface area contributed by atoms with Crippen LogP contribution in [0.4, 0.5) is 4.79 Å². The third kappa shape index (κ3) is 3.30. The molecule has 5 unspecified atom stereocenters. The monoisotopic (exact) mass is 314 g/mol. The van der Waals surface area contributed by atoms with Gasteiger partial charge in [0.25, 0.3) is 0 Å². The van der Waals surface area contributed by atoms with Gasteiger partial charge in [-0.15, -0.1) is 11.8 Å². The Hall–Kier alpha value is -0.910. The average molecular weight is 314 g/mol. The van der Waals surface area contributed by atoms with Gasteiger partial charge in [-0.3, -0.25) is 4.90 Å². The summed E-state index contributed by atoms with van der Waals surface area (Å²) in [6, 6.07) is -0.756. The minimum Gasteiger partial charge on any atom is -0.480 e. The third-order valence-corrected chi connectivity index (χ3v) is 6.52. The maximum absolute atomic E-state index is 12.6. The van der Waals surface area contributed by atoms with Gasteiger partial charge in [0.05, 0.1) is 5.37 Å². The standard InChI is InChI=1S/C15H26N2O3S/c1-8(2)13-17(12(7-21-13)14(18)19)15(20)16-11-6-5-9(3)10(11)4/h8-13H,5-7H2,1-4H3,(H,16,20)(H,18,19). The maximum atomic E-state index is 12.6. The van der Waals surface area contributed by atoms with Crippen LogP contribution in [0.2, 0.25) is 0 Å². The molecule has 2 N–H and O–H groups in total. The van der Waals surface area contributed by atoms with Gasteiger partial charge in [0, 0.05) is 11.8 Å². The van der Waals surface area contributed by atoms with E-state index in [1.807, 2.05) is 13.8 Å². The number of amides is 2. The second-order valence-corrected chi connectivity index (χ2v) is 7.85. The number of carboxylic acids is 1. The van der Waals surface area contributed by atoms with Gasteiger partial charge in [0.2, 0.25) is 0 Å². The Morgan fingerprint density at radius 1 is 1.29 bits per heavy atom. The van der Waals surface area contributed by atoms with Gasteiger partial charge in [-0.1, -0.05) is 27.7 Å². The normalized spacial score (nSPS) is 36.2. The fourth-order valence-electron chi connectivity index (χ4n) is 3.29. The topological polar surface area (TPSA) is 69.6 Å². The van der Waals surface area contributed by atoms with Crippen LogP contribution in [0.25, 0.3) is 0 Å². The van der Waals surface area contributed by atoms with Gasteiger partial charge in [-0.05, 0) is 30.6 Å². The van der Waals surface area contributed by atoms with Crippen molar-refractivity contribution in [1.29, 1.82) is 0 Å². The number of hydrogen-bond donors (Lipinski definition) is 2. The van der Waals surface area contributed by atoms with Gasteiger partial charge in [0.15, 0.2) is 0 Å². The molecule has 1 aliphatic heterocycles. The molecule has 6 heteroatoms. The summed E-state index contributed by atoms with van der Waals surface area (Å²) < 4.78 is 0. The highest BCUT2D eigenvalue weighted by molar-refractivity contribution is 8.00. The number of rotatable bonds is 3. The lowest BCUT2D eigenvalue weighted by molar-refractivity contribution is -0.141. The molecular weight excluding hydrogens is 288 g/mol. The smallest absolute Gasteiger partial charge is 0.327 e. The molecule has 120 valence electrons. The first-order valence-corrected chi connectivity index (χ1v) is 8.81. The molecule has 0 bridgehead atoms. The van der Waals surface area contributed by atoms with E-state index in [0.717, 1.165) is 12.8 Å². The first kappa shape index (κ1) is 16.5. The van der Waals surface area contributed by atoms with E-state index in [1.165, 1.54) is 0 Å². The molecule has 21 heavy (non-hydrogen) atoms. The molecule has 2 aliphatic rings. The fraction of sp³-hybridized carbons (Fsp3) is 0.867. The van der Waals surface area contributed by atoms with E-state index in [4.69, 9.17) is 0 Å². The molecule has 2 amide bonds. The molecule has 0 radical (unpaired) electrons. The van der Waals surface area contributed by atoms with Crippen LogP contribution in [-0.4, -0.2) is 45.2 Å². The van der Waals surface area contributed by atoms with E-state index >= 15 is 0 Å². The summed E-state index contributed by atoms with van der Waals surface area (Å²) in [5, 5.41) is 12.4. The first-order chi connectivity index (χ1) is 9.82. The van der Waals surface area contributed by atoms with Crippen LogP contribution < -0.4 is 5.32 Å². The second-order valence-electron chi connectivity index (χ2n) is 6.70. The summed E-state index contributed by atoms with van der Waals surface area (Å²) in [5.41, 5.74) is 0. The number of carbonyl (C=O) groups is 2. The Kier molecular flexibility index (Phi) is 5.07. The van der Waals surface area contributed by atoms with Crippen molar-refractivity contribution in [3.63, 3.8) is 0 Å². The SMILES string of the molecule is CC(C)C1SCC(C(=O)O)N1C(=O)NC1CCC(C)C1C. The van der Waals surface area contributed by atoms with Crippen LogP contribution in [0.5, 0.6) is 0 Å². The first-order valence-electron chi connectivity index (χ1n) is 7.76. The van der Waals surface area contributed by atoms with Crippen LogP contribution in [-0.2, 0) is 4.79 Å².